The van der Waals surface area contributed by atoms with Gasteiger partial charge in [-0.25, -0.2) is 4.79 Å². The van der Waals surface area contributed by atoms with Gasteiger partial charge < -0.3 is 4.74 Å². The first kappa shape index (κ1) is 15.9. The number of thiazole rings is 1. The van der Waals surface area contributed by atoms with Crippen LogP contribution in [0.15, 0.2) is 29.9 Å². The summed E-state index contributed by atoms with van der Waals surface area (Å²) in [6.07, 6.45) is 0.895. The Labute approximate surface area is 131 Å². The van der Waals surface area contributed by atoms with Crippen LogP contribution < -0.4 is 5.32 Å². The molecule has 0 saturated carbocycles. The second-order valence-corrected chi connectivity index (χ2v) is 6.37. The number of carbonyl (C=O) groups excluding carboxylic acids is 1. The van der Waals surface area contributed by atoms with Crippen molar-refractivity contribution in [3.05, 3.63) is 40.0 Å². The average Bonchev–Trinajstić information content (AvgIpc) is 2.90. The molecule has 0 aliphatic heterocycles. The number of rotatable bonds is 3. The second-order valence-electron chi connectivity index (χ2n) is 5.48. The standard InChI is InChI=1S/C14H15N3O4S/c1-14(2,3)21-13(18)16-10-5-4-9(6-11(10)17(19)20)12-7-15-8-22-12/h4-8H,1-3H3,(H,16,18). The first-order chi connectivity index (χ1) is 10.3. The van der Waals surface area contributed by atoms with Crippen molar-refractivity contribution in [1.29, 1.82) is 0 Å². The van der Waals surface area contributed by atoms with E-state index >= 15 is 0 Å². The molecule has 2 aromatic rings. The number of aromatic nitrogens is 1. The van der Waals surface area contributed by atoms with E-state index in [0.717, 1.165) is 4.88 Å². The third kappa shape index (κ3) is 4.01. The number of anilines is 1. The van der Waals surface area contributed by atoms with Crippen LogP contribution >= 0.6 is 11.3 Å². The maximum absolute atomic E-state index is 11.8. The van der Waals surface area contributed by atoms with Crippen LogP contribution in [0, 0.1) is 10.1 Å². The van der Waals surface area contributed by atoms with Gasteiger partial charge in [0.2, 0.25) is 0 Å². The maximum atomic E-state index is 11.8. The van der Waals surface area contributed by atoms with E-state index in [1.807, 2.05) is 0 Å². The van der Waals surface area contributed by atoms with Gasteiger partial charge in [-0.3, -0.25) is 20.4 Å². The largest absolute Gasteiger partial charge is 0.444 e. The first-order valence-electron chi connectivity index (χ1n) is 6.43. The summed E-state index contributed by atoms with van der Waals surface area (Å²) in [7, 11) is 0. The van der Waals surface area contributed by atoms with Crippen LogP contribution in [0.4, 0.5) is 16.2 Å². The predicted molar refractivity (Wildman–Crippen MR) is 84.1 cm³/mol. The van der Waals surface area contributed by atoms with Gasteiger partial charge in [-0.05, 0) is 26.8 Å². The van der Waals surface area contributed by atoms with Crippen LogP contribution in [0.1, 0.15) is 20.8 Å². The van der Waals surface area contributed by atoms with E-state index in [0.29, 0.717) is 5.56 Å². The van der Waals surface area contributed by atoms with Crippen molar-refractivity contribution >= 4 is 28.8 Å². The molecule has 22 heavy (non-hydrogen) atoms. The lowest BCUT2D eigenvalue weighted by Gasteiger charge is -2.19. The molecule has 0 spiro atoms. The van der Waals surface area contributed by atoms with Crippen molar-refractivity contribution in [1.82, 2.24) is 4.98 Å². The zero-order valence-corrected chi connectivity index (χ0v) is 13.1. The van der Waals surface area contributed by atoms with Gasteiger partial charge in [0.1, 0.15) is 11.3 Å². The first-order valence-corrected chi connectivity index (χ1v) is 7.31. The number of nitro groups is 1. The van der Waals surface area contributed by atoms with Gasteiger partial charge in [0.25, 0.3) is 5.69 Å². The highest BCUT2D eigenvalue weighted by Gasteiger charge is 2.21. The maximum Gasteiger partial charge on any atom is 0.412 e. The molecule has 0 radical (unpaired) electrons. The van der Waals surface area contributed by atoms with Gasteiger partial charge in [0, 0.05) is 17.8 Å². The molecule has 0 aliphatic carbocycles. The molecular weight excluding hydrogens is 306 g/mol. The molecule has 0 unspecified atom stereocenters. The molecule has 0 atom stereocenters. The van der Waals surface area contributed by atoms with E-state index in [1.54, 1.807) is 38.5 Å². The molecule has 7 nitrogen and oxygen atoms in total. The molecule has 0 fully saturated rings. The monoisotopic (exact) mass is 321 g/mol. The van der Waals surface area contributed by atoms with Crippen LogP contribution in [-0.4, -0.2) is 21.6 Å². The number of benzene rings is 1. The Morgan fingerprint density at radius 3 is 2.68 bits per heavy atom. The summed E-state index contributed by atoms with van der Waals surface area (Å²) in [5.41, 5.74) is 1.53. The number of ether oxygens (including phenoxy) is 1. The number of nitro benzene ring substituents is 1. The quantitative estimate of drug-likeness (QED) is 0.679. The fourth-order valence-corrected chi connectivity index (χ4v) is 2.33. The summed E-state index contributed by atoms with van der Waals surface area (Å²) < 4.78 is 5.10. The molecule has 1 aromatic heterocycles. The highest BCUT2D eigenvalue weighted by atomic mass is 32.1. The summed E-state index contributed by atoms with van der Waals surface area (Å²) in [5.74, 6) is 0. The van der Waals surface area contributed by atoms with Gasteiger partial charge in [0.15, 0.2) is 0 Å². The number of amides is 1. The lowest BCUT2D eigenvalue weighted by molar-refractivity contribution is -0.383. The minimum Gasteiger partial charge on any atom is -0.444 e. The summed E-state index contributed by atoms with van der Waals surface area (Å²) >= 11 is 1.38. The molecule has 1 aromatic carbocycles. The Morgan fingerprint density at radius 1 is 1.41 bits per heavy atom. The summed E-state index contributed by atoms with van der Waals surface area (Å²) in [5, 5.41) is 13.6. The lowest BCUT2D eigenvalue weighted by atomic mass is 10.1. The van der Waals surface area contributed by atoms with E-state index in [1.165, 1.54) is 23.5 Å². The highest BCUT2D eigenvalue weighted by molar-refractivity contribution is 7.13. The van der Waals surface area contributed by atoms with Crippen molar-refractivity contribution in [3.8, 4) is 10.4 Å². The number of hydrogen-bond acceptors (Lipinski definition) is 6. The van der Waals surface area contributed by atoms with Crippen LogP contribution in [0.2, 0.25) is 0 Å². The topological polar surface area (TPSA) is 94.4 Å². The normalized spacial score (nSPS) is 11.0. The molecule has 1 amide bonds. The fourth-order valence-electron chi connectivity index (χ4n) is 1.71. The second kappa shape index (κ2) is 6.10. The molecule has 116 valence electrons. The Balaban J connectivity index is 2.28. The minimum absolute atomic E-state index is 0.0903. The van der Waals surface area contributed by atoms with E-state index in [4.69, 9.17) is 4.74 Å². The van der Waals surface area contributed by atoms with E-state index < -0.39 is 16.6 Å². The summed E-state index contributed by atoms with van der Waals surface area (Å²) in [6.45, 7) is 5.15. The van der Waals surface area contributed by atoms with Gasteiger partial charge in [-0.2, -0.15) is 0 Å². The molecular formula is C14H15N3O4S. The summed E-state index contributed by atoms with van der Waals surface area (Å²) in [4.78, 5) is 27.2. The van der Waals surface area contributed by atoms with Gasteiger partial charge in [-0.1, -0.05) is 6.07 Å². The molecule has 0 aliphatic rings. The number of hydrogen-bond donors (Lipinski definition) is 1. The molecule has 8 heteroatoms. The van der Waals surface area contributed by atoms with Gasteiger partial charge >= 0.3 is 6.09 Å². The number of nitrogens with zero attached hydrogens (tertiary/aromatic N) is 2. The number of carbonyl (C=O) groups is 1. The molecule has 1 N–H and O–H groups in total. The fraction of sp³-hybridized carbons (Fsp3) is 0.286. The van der Waals surface area contributed by atoms with Crippen molar-refractivity contribution in [2.45, 2.75) is 26.4 Å². The van der Waals surface area contributed by atoms with E-state index in [2.05, 4.69) is 10.3 Å². The Hall–Kier alpha value is -2.48. The SMILES string of the molecule is CC(C)(C)OC(=O)Nc1ccc(-c2cncs2)cc1[N+](=O)[O-]. The Kier molecular flexibility index (Phi) is 4.41. The van der Waals surface area contributed by atoms with E-state index in [9.17, 15) is 14.9 Å². The predicted octanol–water partition coefficient (Wildman–Crippen LogP) is 4.07. The highest BCUT2D eigenvalue weighted by Crippen LogP contribution is 2.32. The minimum atomic E-state index is -0.735. The Bertz CT molecular complexity index is 693. The van der Waals surface area contributed by atoms with Crippen LogP contribution in [0.25, 0.3) is 10.4 Å². The van der Waals surface area contributed by atoms with Crippen molar-refractivity contribution in [3.63, 3.8) is 0 Å². The summed E-state index contributed by atoms with van der Waals surface area (Å²) in [6, 6.07) is 4.57. The van der Waals surface area contributed by atoms with Crippen LogP contribution in [0.3, 0.4) is 0 Å². The molecule has 0 bridgehead atoms. The van der Waals surface area contributed by atoms with Crippen molar-refractivity contribution in [2.24, 2.45) is 0 Å². The van der Waals surface area contributed by atoms with Crippen LogP contribution in [-0.2, 0) is 4.74 Å². The third-order valence-corrected chi connectivity index (χ3v) is 3.37. The molecule has 2 rings (SSSR count). The van der Waals surface area contributed by atoms with Crippen LogP contribution in [0.5, 0.6) is 0 Å². The number of nitrogens with one attached hydrogen (secondary N) is 1. The zero-order valence-electron chi connectivity index (χ0n) is 12.3. The third-order valence-electron chi connectivity index (χ3n) is 2.55. The van der Waals surface area contributed by atoms with Crippen molar-refractivity contribution in [2.75, 3.05) is 5.32 Å². The molecule has 0 saturated heterocycles. The smallest absolute Gasteiger partial charge is 0.412 e. The van der Waals surface area contributed by atoms with E-state index in [-0.39, 0.29) is 11.4 Å². The Morgan fingerprint density at radius 2 is 2.14 bits per heavy atom. The lowest BCUT2D eigenvalue weighted by Crippen LogP contribution is -2.27. The van der Waals surface area contributed by atoms with Gasteiger partial charge in [0.05, 0.1) is 15.3 Å². The zero-order chi connectivity index (χ0) is 16.3. The molecule has 1 heterocycles. The average molecular weight is 321 g/mol. The van der Waals surface area contributed by atoms with Crippen molar-refractivity contribution < 1.29 is 14.5 Å². The van der Waals surface area contributed by atoms with Gasteiger partial charge in [-0.15, -0.1) is 11.3 Å².